The molecule has 2 rings (SSSR count). The Morgan fingerprint density at radius 3 is 2.14 bits per heavy atom. The molecule has 0 aromatic heterocycles. The van der Waals surface area contributed by atoms with Gasteiger partial charge in [-0.1, -0.05) is 54.6 Å². The van der Waals surface area contributed by atoms with Crippen molar-refractivity contribution in [3.05, 3.63) is 71.3 Å². The molecule has 0 aliphatic heterocycles. The monoisotopic (exact) mass is 290 g/mol. The van der Waals surface area contributed by atoms with Gasteiger partial charge in [0.05, 0.1) is 6.61 Å². The first-order valence-corrected chi connectivity index (χ1v) is 6.72. The van der Waals surface area contributed by atoms with Crippen LogP contribution < -0.4 is 0 Å². The van der Waals surface area contributed by atoms with E-state index in [2.05, 4.69) is 4.74 Å². The minimum Gasteiger partial charge on any atom is -0.461 e. The molecule has 2 aromatic carbocycles. The van der Waals surface area contributed by atoms with Crippen LogP contribution in [0.2, 0.25) is 0 Å². The molecule has 0 saturated carbocycles. The van der Waals surface area contributed by atoms with Gasteiger partial charge >= 0.3 is 11.9 Å². The number of alkyl halides is 2. The van der Waals surface area contributed by atoms with Gasteiger partial charge in [0, 0.05) is 5.56 Å². The van der Waals surface area contributed by atoms with Gasteiger partial charge in [0.25, 0.3) is 0 Å². The Bertz CT molecular complexity index is 592. The number of rotatable bonds is 5. The van der Waals surface area contributed by atoms with E-state index >= 15 is 0 Å². The van der Waals surface area contributed by atoms with Crippen LogP contribution in [0.4, 0.5) is 8.78 Å². The lowest BCUT2D eigenvalue weighted by atomic mass is 10.0. The van der Waals surface area contributed by atoms with E-state index in [1.54, 1.807) is 12.1 Å². The second-order valence-electron chi connectivity index (χ2n) is 4.65. The fraction of sp³-hybridized carbons (Fsp3) is 0.235. The summed E-state index contributed by atoms with van der Waals surface area (Å²) < 4.78 is 32.0. The molecule has 0 unspecified atom stereocenters. The maximum atomic E-state index is 13.8. The number of hydrogen-bond acceptors (Lipinski definition) is 2. The van der Waals surface area contributed by atoms with Crippen molar-refractivity contribution in [3.63, 3.8) is 0 Å². The smallest absolute Gasteiger partial charge is 0.381 e. The molecule has 0 bridgehead atoms. The molecule has 0 heterocycles. The molecule has 0 atom stereocenters. The summed E-state index contributed by atoms with van der Waals surface area (Å²) in [5.41, 5.74) is 1.66. The van der Waals surface area contributed by atoms with Crippen molar-refractivity contribution in [1.29, 1.82) is 0 Å². The highest BCUT2D eigenvalue weighted by Gasteiger charge is 2.42. The predicted molar refractivity (Wildman–Crippen MR) is 76.2 cm³/mol. The van der Waals surface area contributed by atoms with E-state index in [4.69, 9.17) is 0 Å². The van der Waals surface area contributed by atoms with Crippen LogP contribution in [0.1, 0.15) is 23.6 Å². The van der Waals surface area contributed by atoms with Crippen molar-refractivity contribution in [1.82, 2.24) is 0 Å². The van der Waals surface area contributed by atoms with Gasteiger partial charge in [-0.05, 0) is 24.5 Å². The minimum absolute atomic E-state index is 0.0689. The SMILES string of the molecule is CCOC(=O)C(F)(F)c1ccc(Cc2ccccc2)cc1. The molecular formula is C17H16F2O2. The molecule has 21 heavy (non-hydrogen) atoms. The first kappa shape index (κ1) is 15.2. The van der Waals surface area contributed by atoms with Crippen LogP contribution in [0, 0.1) is 0 Å². The van der Waals surface area contributed by atoms with Crippen molar-refractivity contribution >= 4 is 5.97 Å². The summed E-state index contributed by atoms with van der Waals surface area (Å²) in [4.78, 5) is 11.3. The zero-order chi connectivity index (χ0) is 15.3. The largest absolute Gasteiger partial charge is 0.461 e. The third kappa shape index (κ3) is 3.66. The normalized spacial score (nSPS) is 11.2. The number of hydrogen-bond donors (Lipinski definition) is 0. The molecule has 2 aromatic rings. The molecule has 0 saturated heterocycles. The van der Waals surface area contributed by atoms with Crippen molar-refractivity contribution in [2.45, 2.75) is 19.3 Å². The van der Waals surface area contributed by atoms with E-state index in [0.717, 1.165) is 11.1 Å². The lowest BCUT2D eigenvalue weighted by Gasteiger charge is -2.15. The lowest BCUT2D eigenvalue weighted by molar-refractivity contribution is -0.173. The summed E-state index contributed by atoms with van der Waals surface area (Å²) in [7, 11) is 0. The number of esters is 1. The summed E-state index contributed by atoms with van der Waals surface area (Å²) in [6.07, 6.45) is 0.659. The van der Waals surface area contributed by atoms with Crippen molar-refractivity contribution in [2.24, 2.45) is 0 Å². The topological polar surface area (TPSA) is 26.3 Å². The number of halogens is 2. The number of carbonyl (C=O) groups is 1. The molecule has 0 aliphatic carbocycles. The Morgan fingerprint density at radius 2 is 1.57 bits per heavy atom. The number of carbonyl (C=O) groups excluding carboxylic acids is 1. The summed E-state index contributed by atoms with van der Waals surface area (Å²) in [6.45, 7) is 1.43. The molecule has 0 spiro atoms. The van der Waals surface area contributed by atoms with Crippen LogP contribution in [0.3, 0.4) is 0 Å². The van der Waals surface area contributed by atoms with Gasteiger partial charge in [-0.2, -0.15) is 8.78 Å². The molecule has 0 fully saturated rings. The van der Waals surface area contributed by atoms with E-state index in [1.807, 2.05) is 30.3 Å². The molecule has 0 radical (unpaired) electrons. The Morgan fingerprint density at radius 1 is 1.00 bits per heavy atom. The van der Waals surface area contributed by atoms with Crippen LogP contribution in [-0.2, 0) is 21.9 Å². The van der Waals surface area contributed by atoms with Gasteiger partial charge in [0.2, 0.25) is 0 Å². The molecule has 0 amide bonds. The highest BCUT2D eigenvalue weighted by molar-refractivity contribution is 5.79. The van der Waals surface area contributed by atoms with Gasteiger partial charge in [-0.15, -0.1) is 0 Å². The van der Waals surface area contributed by atoms with Gasteiger partial charge in [0.1, 0.15) is 0 Å². The molecule has 0 N–H and O–H groups in total. The number of benzene rings is 2. The Kier molecular flexibility index (Phi) is 4.68. The number of ether oxygens (including phenoxy) is 1. The Labute approximate surface area is 122 Å². The highest BCUT2D eigenvalue weighted by Crippen LogP contribution is 2.29. The van der Waals surface area contributed by atoms with E-state index in [-0.39, 0.29) is 12.2 Å². The Hall–Kier alpha value is -2.23. The van der Waals surface area contributed by atoms with Crippen LogP contribution in [-0.4, -0.2) is 12.6 Å². The molecule has 4 heteroatoms. The summed E-state index contributed by atoms with van der Waals surface area (Å²) in [5.74, 6) is -5.12. The van der Waals surface area contributed by atoms with Gasteiger partial charge in [-0.3, -0.25) is 0 Å². The lowest BCUT2D eigenvalue weighted by Crippen LogP contribution is -2.28. The van der Waals surface area contributed by atoms with Gasteiger partial charge in [-0.25, -0.2) is 4.79 Å². The van der Waals surface area contributed by atoms with Crippen LogP contribution in [0.25, 0.3) is 0 Å². The quantitative estimate of drug-likeness (QED) is 0.780. The van der Waals surface area contributed by atoms with Gasteiger partial charge < -0.3 is 4.74 Å². The standard InChI is InChI=1S/C17H16F2O2/c1-2-21-16(20)17(18,19)15-10-8-14(9-11-15)12-13-6-4-3-5-7-13/h3-11H,2,12H2,1H3. The second kappa shape index (κ2) is 6.48. The molecule has 2 nitrogen and oxygen atoms in total. The fourth-order valence-corrected chi connectivity index (χ4v) is 2.00. The summed E-state index contributed by atoms with van der Waals surface area (Å²) in [6, 6.07) is 15.5. The fourth-order valence-electron chi connectivity index (χ4n) is 2.00. The van der Waals surface area contributed by atoms with Crippen LogP contribution in [0.15, 0.2) is 54.6 Å². The average Bonchev–Trinajstić information content (AvgIpc) is 2.49. The highest BCUT2D eigenvalue weighted by atomic mass is 19.3. The predicted octanol–water partition coefficient (Wildman–Crippen LogP) is 3.93. The van der Waals surface area contributed by atoms with Crippen LogP contribution >= 0.6 is 0 Å². The van der Waals surface area contributed by atoms with Crippen LogP contribution in [0.5, 0.6) is 0 Å². The first-order chi connectivity index (χ1) is 10.0. The minimum atomic E-state index is -3.61. The van der Waals surface area contributed by atoms with Crippen molar-refractivity contribution in [2.75, 3.05) is 6.61 Å². The second-order valence-corrected chi connectivity index (χ2v) is 4.65. The summed E-state index contributed by atoms with van der Waals surface area (Å²) in [5, 5.41) is 0. The van der Waals surface area contributed by atoms with Gasteiger partial charge in [0.15, 0.2) is 0 Å². The first-order valence-electron chi connectivity index (χ1n) is 6.72. The molecular weight excluding hydrogens is 274 g/mol. The maximum Gasteiger partial charge on any atom is 0.381 e. The molecule has 0 aliphatic rings. The van der Waals surface area contributed by atoms with E-state index < -0.39 is 11.9 Å². The third-order valence-electron chi connectivity index (χ3n) is 3.10. The summed E-state index contributed by atoms with van der Waals surface area (Å²) >= 11 is 0. The van der Waals surface area contributed by atoms with E-state index in [1.165, 1.54) is 19.1 Å². The average molecular weight is 290 g/mol. The zero-order valence-corrected chi connectivity index (χ0v) is 11.7. The van der Waals surface area contributed by atoms with E-state index in [0.29, 0.717) is 6.42 Å². The van der Waals surface area contributed by atoms with E-state index in [9.17, 15) is 13.6 Å². The molecule has 110 valence electrons. The third-order valence-corrected chi connectivity index (χ3v) is 3.10. The van der Waals surface area contributed by atoms with Crippen molar-refractivity contribution in [3.8, 4) is 0 Å². The Balaban J connectivity index is 2.13. The van der Waals surface area contributed by atoms with Crippen molar-refractivity contribution < 1.29 is 18.3 Å². The zero-order valence-electron chi connectivity index (χ0n) is 11.7. The maximum absolute atomic E-state index is 13.8.